The van der Waals surface area contributed by atoms with E-state index in [9.17, 15) is 9.18 Å². The first kappa shape index (κ1) is 15.3. The smallest absolute Gasteiger partial charge is 0.171 e. The van der Waals surface area contributed by atoms with Crippen LogP contribution in [0.1, 0.15) is 15.9 Å². The summed E-state index contributed by atoms with van der Waals surface area (Å²) in [4.78, 5) is 12.4. The molecule has 0 aliphatic rings. The Morgan fingerprint density at radius 3 is 2.52 bits per heavy atom. The molecule has 5 heteroatoms. The zero-order valence-electron chi connectivity index (χ0n) is 11.7. The molecule has 0 saturated carbocycles. The third-order valence-electron chi connectivity index (χ3n) is 3.08. The van der Waals surface area contributed by atoms with Crippen molar-refractivity contribution < 1.29 is 18.7 Å². The number of ketones is 1. The number of benzene rings is 2. The second-order valence-corrected chi connectivity index (χ2v) is 4.81. The largest absolute Gasteiger partial charge is 0.497 e. The molecule has 2 aromatic rings. The molecule has 0 atom stereocenters. The maximum Gasteiger partial charge on any atom is 0.171 e. The zero-order valence-corrected chi connectivity index (χ0v) is 12.4. The van der Waals surface area contributed by atoms with Crippen LogP contribution in [0.25, 0.3) is 0 Å². The van der Waals surface area contributed by atoms with Crippen LogP contribution >= 0.6 is 11.6 Å². The van der Waals surface area contributed by atoms with Crippen LogP contribution in [0.15, 0.2) is 36.4 Å². The van der Waals surface area contributed by atoms with E-state index in [1.807, 2.05) is 0 Å². The van der Waals surface area contributed by atoms with Crippen LogP contribution in [0.2, 0.25) is 5.02 Å². The van der Waals surface area contributed by atoms with Gasteiger partial charge in [-0.25, -0.2) is 4.39 Å². The Kier molecular flexibility index (Phi) is 4.81. The molecular formula is C16H14ClFO3. The highest BCUT2D eigenvalue weighted by Crippen LogP contribution is 2.27. The minimum atomic E-state index is -0.432. The molecule has 0 unspecified atom stereocenters. The molecule has 2 rings (SSSR count). The summed E-state index contributed by atoms with van der Waals surface area (Å²) in [6.45, 7) is 0. The number of hydrogen-bond donors (Lipinski definition) is 0. The van der Waals surface area contributed by atoms with Crippen LogP contribution in [-0.2, 0) is 6.42 Å². The molecular weight excluding hydrogens is 295 g/mol. The Morgan fingerprint density at radius 2 is 1.90 bits per heavy atom. The lowest BCUT2D eigenvalue weighted by Gasteiger charge is -2.10. The molecule has 21 heavy (non-hydrogen) atoms. The van der Waals surface area contributed by atoms with Gasteiger partial charge in [0, 0.05) is 17.5 Å². The lowest BCUT2D eigenvalue weighted by atomic mass is 10.0. The Bertz CT molecular complexity index is 671. The topological polar surface area (TPSA) is 35.5 Å². The van der Waals surface area contributed by atoms with Crippen molar-refractivity contribution in [2.24, 2.45) is 0 Å². The lowest BCUT2D eigenvalue weighted by Crippen LogP contribution is -2.06. The van der Waals surface area contributed by atoms with E-state index in [-0.39, 0.29) is 17.2 Å². The SMILES string of the molecule is COc1ccc(C(=O)Cc2ccc(F)cc2Cl)c(OC)c1. The van der Waals surface area contributed by atoms with Gasteiger partial charge in [-0.2, -0.15) is 0 Å². The van der Waals surface area contributed by atoms with Crippen molar-refractivity contribution in [2.45, 2.75) is 6.42 Å². The molecule has 3 nitrogen and oxygen atoms in total. The number of methoxy groups -OCH3 is 2. The van der Waals surface area contributed by atoms with Crippen LogP contribution < -0.4 is 9.47 Å². The molecule has 2 aromatic carbocycles. The van der Waals surface area contributed by atoms with Crippen LogP contribution in [-0.4, -0.2) is 20.0 Å². The van der Waals surface area contributed by atoms with Crippen molar-refractivity contribution in [1.82, 2.24) is 0 Å². The summed E-state index contributed by atoms with van der Waals surface area (Å²) in [7, 11) is 3.02. The average molecular weight is 309 g/mol. The summed E-state index contributed by atoms with van der Waals surface area (Å²) in [6.07, 6.45) is 0.0712. The second-order valence-electron chi connectivity index (χ2n) is 4.40. The summed E-state index contributed by atoms with van der Waals surface area (Å²) >= 11 is 5.94. The third-order valence-corrected chi connectivity index (χ3v) is 3.43. The minimum Gasteiger partial charge on any atom is -0.497 e. The first-order chi connectivity index (χ1) is 10.0. The second kappa shape index (κ2) is 6.59. The first-order valence-electron chi connectivity index (χ1n) is 6.24. The van der Waals surface area contributed by atoms with Gasteiger partial charge in [0.05, 0.1) is 19.8 Å². The summed E-state index contributed by atoms with van der Waals surface area (Å²) in [5, 5.41) is 0.232. The van der Waals surface area contributed by atoms with E-state index in [1.54, 1.807) is 18.2 Å². The average Bonchev–Trinajstić information content (AvgIpc) is 2.49. The Labute approximate surface area is 127 Å². The van der Waals surface area contributed by atoms with E-state index in [1.165, 1.54) is 32.4 Å². The van der Waals surface area contributed by atoms with E-state index >= 15 is 0 Å². The van der Waals surface area contributed by atoms with Gasteiger partial charge in [0.1, 0.15) is 17.3 Å². The predicted molar refractivity (Wildman–Crippen MR) is 79.0 cm³/mol. The number of ether oxygens (including phenoxy) is 2. The van der Waals surface area contributed by atoms with E-state index < -0.39 is 5.82 Å². The Morgan fingerprint density at radius 1 is 1.14 bits per heavy atom. The predicted octanol–water partition coefficient (Wildman–Crippen LogP) is 3.92. The highest BCUT2D eigenvalue weighted by atomic mass is 35.5. The molecule has 0 aliphatic carbocycles. The fraction of sp³-hybridized carbons (Fsp3) is 0.188. The summed E-state index contributed by atoms with van der Waals surface area (Å²) < 4.78 is 23.3. The molecule has 0 aromatic heterocycles. The Balaban J connectivity index is 2.28. The fourth-order valence-corrected chi connectivity index (χ4v) is 2.20. The van der Waals surface area contributed by atoms with Crippen molar-refractivity contribution >= 4 is 17.4 Å². The number of hydrogen-bond acceptors (Lipinski definition) is 3. The van der Waals surface area contributed by atoms with Gasteiger partial charge < -0.3 is 9.47 Å². The van der Waals surface area contributed by atoms with Gasteiger partial charge in [0.2, 0.25) is 0 Å². The van der Waals surface area contributed by atoms with Gasteiger partial charge in [-0.15, -0.1) is 0 Å². The monoisotopic (exact) mass is 308 g/mol. The summed E-state index contributed by atoms with van der Waals surface area (Å²) in [5.41, 5.74) is 1.000. The van der Waals surface area contributed by atoms with Crippen molar-refractivity contribution in [3.63, 3.8) is 0 Å². The molecule has 0 N–H and O–H groups in total. The van der Waals surface area contributed by atoms with Crippen molar-refractivity contribution in [1.29, 1.82) is 0 Å². The van der Waals surface area contributed by atoms with Crippen molar-refractivity contribution in [3.8, 4) is 11.5 Å². The van der Waals surface area contributed by atoms with Gasteiger partial charge >= 0.3 is 0 Å². The van der Waals surface area contributed by atoms with Crippen molar-refractivity contribution in [2.75, 3.05) is 14.2 Å². The van der Waals surface area contributed by atoms with Crippen molar-refractivity contribution in [3.05, 3.63) is 58.4 Å². The highest BCUT2D eigenvalue weighted by Gasteiger charge is 2.15. The summed E-state index contributed by atoms with van der Waals surface area (Å²) in [5.74, 6) is 0.432. The molecule has 0 fully saturated rings. The number of rotatable bonds is 5. The fourth-order valence-electron chi connectivity index (χ4n) is 1.96. The number of halogens is 2. The van der Waals surface area contributed by atoms with Gasteiger partial charge in [-0.05, 0) is 29.8 Å². The van der Waals surface area contributed by atoms with Crippen LogP contribution in [0.5, 0.6) is 11.5 Å². The number of carbonyl (C=O) groups is 1. The molecule has 0 spiro atoms. The first-order valence-corrected chi connectivity index (χ1v) is 6.62. The maximum atomic E-state index is 13.0. The molecule has 0 amide bonds. The van der Waals surface area contributed by atoms with Crippen LogP contribution in [0, 0.1) is 5.82 Å². The summed E-state index contributed by atoms with van der Waals surface area (Å²) in [6, 6.07) is 8.93. The van der Waals surface area contributed by atoms with E-state index in [0.29, 0.717) is 22.6 Å². The van der Waals surface area contributed by atoms with Crippen LogP contribution in [0.4, 0.5) is 4.39 Å². The standard InChI is InChI=1S/C16H14ClFO3/c1-20-12-5-6-13(16(9-12)21-2)15(19)7-10-3-4-11(18)8-14(10)17/h3-6,8-9H,7H2,1-2H3. The molecule has 0 saturated heterocycles. The minimum absolute atomic E-state index is 0.0712. The van der Waals surface area contributed by atoms with E-state index in [4.69, 9.17) is 21.1 Å². The molecule has 110 valence electrons. The van der Waals surface area contributed by atoms with Gasteiger partial charge in [-0.1, -0.05) is 17.7 Å². The Hall–Kier alpha value is -2.07. The molecule has 0 heterocycles. The normalized spacial score (nSPS) is 10.3. The molecule has 0 radical (unpaired) electrons. The maximum absolute atomic E-state index is 13.0. The van der Waals surface area contributed by atoms with E-state index in [2.05, 4.69) is 0 Å². The molecule has 0 aliphatic heterocycles. The lowest BCUT2D eigenvalue weighted by molar-refractivity contribution is 0.0990. The number of Topliss-reactive ketones (excluding diaryl/α,β-unsaturated/α-hetero) is 1. The molecule has 0 bridgehead atoms. The third kappa shape index (κ3) is 3.52. The highest BCUT2D eigenvalue weighted by molar-refractivity contribution is 6.31. The van der Waals surface area contributed by atoms with Gasteiger partial charge in [0.25, 0.3) is 0 Å². The number of carbonyl (C=O) groups excluding carboxylic acids is 1. The van der Waals surface area contributed by atoms with Crippen LogP contribution in [0.3, 0.4) is 0 Å². The quantitative estimate of drug-likeness (QED) is 0.785. The van der Waals surface area contributed by atoms with Gasteiger partial charge in [-0.3, -0.25) is 4.79 Å². The van der Waals surface area contributed by atoms with E-state index in [0.717, 1.165) is 0 Å². The van der Waals surface area contributed by atoms with Gasteiger partial charge in [0.15, 0.2) is 5.78 Å². The zero-order chi connectivity index (χ0) is 15.4.